The molecule has 7 heterocycles. The summed E-state index contributed by atoms with van der Waals surface area (Å²) in [7, 11) is -2.25. The fourth-order valence-electron chi connectivity index (χ4n) is 12.7. The van der Waals surface area contributed by atoms with Gasteiger partial charge in [0.15, 0.2) is 5.82 Å². The maximum Gasteiger partial charge on any atom is 0.412 e. The zero-order chi connectivity index (χ0) is 51.3. The van der Waals surface area contributed by atoms with Crippen LogP contribution in [0.15, 0.2) is 42.5 Å². The Bertz CT molecular complexity index is 2850. The zero-order valence-corrected chi connectivity index (χ0v) is 44.8. The van der Waals surface area contributed by atoms with E-state index in [0.717, 1.165) is 12.0 Å². The van der Waals surface area contributed by atoms with Crippen LogP contribution in [0, 0.1) is 17.3 Å². The van der Waals surface area contributed by atoms with Crippen molar-refractivity contribution in [2.24, 2.45) is 0 Å². The summed E-state index contributed by atoms with van der Waals surface area (Å²) in [5.41, 5.74) is 4.83. The van der Waals surface area contributed by atoms with Crippen LogP contribution in [0.25, 0.3) is 32.9 Å². The Kier molecular flexibility index (Phi) is 12.9. The number of benzene rings is 2. The van der Waals surface area contributed by atoms with Gasteiger partial charge in [0, 0.05) is 48.3 Å². The number of aromatic nitrogens is 3. The molecule has 4 fully saturated rings. The second kappa shape index (κ2) is 18.2. The van der Waals surface area contributed by atoms with Crippen molar-refractivity contribution in [3.05, 3.63) is 53.9 Å². The van der Waals surface area contributed by atoms with Gasteiger partial charge in [0.05, 0.1) is 23.7 Å². The fraction of sp³-hybridized carbons (Fsp3) is 0.582. The van der Waals surface area contributed by atoms with Crippen LogP contribution in [0.5, 0.6) is 11.9 Å². The third kappa shape index (κ3) is 8.97. The van der Waals surface area contributed by atoms with Crippen molar-refractivity contribution < 1.29 is 37.3 Å². The summed E-state index contributed by atoms with van der Waals surface area (Å²) in [4.78, 5) is 48.4. The smallest absolute Gasteiger partial charge is 0.412 e. The van der Waals surface area contributed by atoms with E-state index in [9.17, 15) is 9.59 Å². The second-order valence-electron chi connectivity index (χ2n) is 23.4. The minimum absolute atomic E-state index is 0.0244. The molecule has 0 radical (unpaired) electrons. The molecule has 2 amide bonds. The van der Waals surface area contributed by atoms with Crippen molar-refractivity contribution in [1.29, 1.82) is 0 Å². The third-order valence-corrected chi connectivity index (χ3v) is 21.9. The number of anilines is 2. The molecule has 4 saturated heterocycles. The minimum Gasteiger partial charge on any atom is -0.472 e. The number of alkyl halides is 1. The Morgan fingerprint density at radius 2 is 1.68 bits per heavy atom. The van der Waals surface area contributed by atoms with E-state index in [0.29, 0.717) is 76.0 Å². The first-order valence-corrected chi connectivity index (χ1v) is 27.7. The van der Waals surface area contributed by atoms with Crippen molar-refractivity contribution in [3.8, 4) is 34.6 Å². The van der Waals surface area contributed by atoms with Gasteiger partial charge in [-0.3, -0.25) is 15.1 Å². The summed E-state index contributed by atoms with van der Waals surface area (Å²) in [6.07, 6.45) is -0.358. The molecule has 0 aliphatic carbocycles. The fourth-order valence-corrected chi connectivity index (χ4v) is 17.9. The maximum absolute atomic E-state index is 18.5. The van der Waals surface area contributed by atoms with Crippen molar-refractivity contribution in [2.75, 3.05) is 36.5 Å². The Morgan fingerprint density at radius 1 is 0.972 bits per heavy atom. The van der Waals surface area contributed by atoms with Gasteiger partial charge < -0.3 is 23.8 Å². The second-order valence-corrected chi connectivity index (χ2v) is 29.0. The lowest BCUT2D eigenvalue weighted by molar-refractivity contribution is 0.000912. The summed E-state index contributed by atoms with van der Waals surface area (Å²) in [5.74, 6) is 3.36. The highest BCUT2D eigenvalue weighted by Crippen LogP contribution is 2.49. The Labute approximate surface area is 418 Å². The van der Waals surface area contributed by atoms with Gasteiger partial charge in [0.2, 0.25) is 5.88 Å². The van der Waals surface area contributed by atoms with Crippen molar-refractivity contribution >= 4 is 53.4 Å². The normalized spacial score (nSPS) is 24.3. The summed E-state index contributed by atoms with van der Waals surface area (Å²) in [6.45, 7) is 32.1. The average Bonchev–Trinajstić information content (AvgIpc) is 3.84. The van der Waals surface area contributed by atoms with Crippen LogP contribution in [0.3, 0.4) is 0 Å². The first-order valence-electron chi connectivity index (χ1n) is 25.5. The summed E-state index contributed by atoms with van der Waals surface area (Å²) < 4.78 is 58.8. The molecule has 1 unspecified atom stereocenters. The van der Waals surface area contributed by atoms with Crippen molar-refractivity contribution in [1.82, 2.24) is 24.8 Å². The molecule has 71 heavy (non-hydrogen) atoms. The molecule has 2 bridgehead atoms. The van der Waals surface area contributed by atoms with Crippen LogP contribution in [0.4, 0.5) is 29.9 Å². The van der Waals surface area contributed by atoms with E-state index in [1.165, 1.54) is 0 Å². The van der Waals surface area contributed by atoms with Gasteiger partial charge in [0.1, 0.15) is 60.6 Å². The molecule has 9 rings (SSSR count). The van der Waals surface area contributed by atoms with Crippen LogP contribution >= 0.6 is 0 Å². The molecule has 2 aromatic heterocycles. The lowest BCUT2D eigenvalue weighted by Gasteiger charge is -2.48. The molecule has 6 atom stereocenters. The molecule has 0 spiro atoms. The van der Waals surface area contributed by atoms with Crippen LogP contribution < -0.4 is 19.7 Å². The van der Waals surface area contributed by atoms with Gasteiger partial charge in [-0.05, 0) is 108 Å². The van der Waals surface area contributed by atoms with Crippen LogP contribution in [0.2, 0.25) is 16.6 Å². The topological polar surface area (TPSA) is 131 Å². The number of fused-ring (bicyclic) bond motifs is 7. The maximum atomic E-state index is 18.5. The number of carbonyl (C=O) groups excluding carboxylic acids is 2. The number of pyridine rings is 1. The number of hydrogen-bond donors (Lipinski definition) is 1. The van der Waals surface area contributed by atoms with Gasteiger partial charge in [0.25, 0.3) is 0 Å². The van der Waals surface area contributed by atoms with Crippen LogP contribution in [0.1, 0.15) is 121 Å². The first-order chi connectivity index (χ1) is 33.3. The number of hydrogen-bond acceptors (Lipinski definition) is 11. The highest BCUT2D eigenvalue weighted by molar-refractivity contribution is 6.90. The number of nitrogens with zero attached hydrogens (tertiary/aromatic N) is 6. The number of rotatable bonds is 8. The molecule has 0 saturated carbocycles. The number of ether oxygens (including phenoxy) is 4. The van der Waals surface area contributed by atoms with Crippen LogP contribution in [-0.2, 0) is 9.47 Å². The van der Waals surface area contributed by atoms with Crippen LogP contribution in [-0.4, -0.2) is 118 Å². The molecule has 2 aromatic carbocycles. The molecule has 1 N–H and O–H groups in total. The molecular weight excluding hydrogens is 921 g/mol. The van der Waals surface area contributed by atoms with Gasteiger partial charge in [-0.2, -0.15) is 9.97 Å². The van der Waals surface area contributed by atoms with Gasteiger partial charge >= 0.3 is 18.2 Å². The number of nitrogens with one attached hydrogen (secondary N) is 1. The van der Waals surface area contributed by atoms with Crippen molar-refractivity contribution in [3.63, 3.8) is 0 Å². The first kappa shape index (κ1) is 50.4. The summed E-state index contributed by atoms with van der Waals surface area (Å²) in [5, 5.41) is 4.49. The molecule has 13 nitrogen and oxygen atoms in total. The summed E-state index contributed by atoms with van der Waals surface area (Å²) in [6, 6.07) is 8.22. The number of piperazine rings is 1. The van der Waals surface area contributed by atoms with Gasteiger partial charge in [-0.25, -0.2) is 23.4 Å². The standard InChI is InChI=1S/C55H71F2N7O6Si/c1-30(2)71(31(3)4,32(5)6)23-21-35-16-15-17-36-24-38(58-51(65)69-53(9,10)11)25-40(42(35)36)45-44(57)46-43-48(61-50(60-46)67-29-55-26-37(56)27-62(55)22-20-33(55)7)63-28-39-18-19-41(47(63)34(8)68-49(43)59-45)64(39)52(66)70-54(12,13)14/h15-17,24-25,30-32,34,37,39,41,47H,7,18-20,22,26-29H2,1-6,8-14H3,(H,58,65)/t34-,37+,39+,41-,47+,55?/m0/s1. The highest BCUT2D eigenvalue weighted by atomic mass is 28.3. The molecule has 380 valence electrons. The Hall–Kier alpha value is -5.53. The minimum atomic E-state index is -2.25. The monoisotopic (exact) mass is 992 g/mol. The zero-order valence-electron chi connectivity index (χ0n) is 43.8. The average molecular weight is 992 g/mol. The highest BCUT2D eigenvalue weighted by Gasteiger charge is 2.55. The Balaban J connectivity index is 1.27. The van der Waals surface area contributed by atoms with E-state index in [1.807, 2.05) is 56.9 Å². The molecule has 5 aliphatic heterocycles. The van der Waals surface area contributed by atoms with E-state index in [-0.39, 0.29) is 60.1 Å². The quantitative estimate of drug-likeness (QED) is 0.103. The number of halogens is 2. The van der Waals surface area contributed by atoms with Gasteiger partial charge in [-0.1, -0.05) is 71.7 Å². The summed E-state index contributed by atoms with van der Waals surface area (Å²) >= 11 is 0. The molecule has 16 heteroatoms. The van der Waals surface area contributed by atoms with E-state index in [1.54, 1.807) is 26.8 Å². The lowest BCUT2D eigenvalue weighted by atomic mass is 9.90. The van der Waals surface area contributed by atoms with E-state index < -0.39 is 61.1 Å². The molecule has 5 aliphatic rings. The van der Waals surface area contributed by atoms with Crippen molar-refractivity contribution in [2.45, 2.75) is 179 Å². The predicted octanol–water partition coefficient (Wildman–Crippen LogP) is 11.8. The number of amides is 2. The van der Waals surface area contributed by atoms with E-state index in [4.69, 9.17) is 33.9 Å². The third-order valence-electron chi connectivity index (χ3n) is 15.6. The van der Waals surface area contributed by atoms with E-state index in [2.05, 4.69) is 74.7 Å². The SMILES string of the molecule is C=C1CCN2C[C@H](F)CC12COc1nc2c3c(nc(-c4cc(NC(=O)OC(C)(C)C)cc5cccc(C#C[Si](C(C)C)(C(C)C)C(C)C)c45)c(F)c3n1)O[C@@H](C)[C@@H]1[C@@H]3CC[C@H](CN21)N3C(=O)OC(C)(C)C. The lowest BCUT2D eigenvalue weighted by Crippen LogP contribution is -2.65. The predicted molar refractivity (Wildman–Crippen MR) is 277 cm³/mol. The molecular formula is C55H71F2N7O6Si. The molecule has 4 aromatic rings. The van der Waals surface area contributed by atoms with Gasteiger partial charge in [-0.15, -0.1) is 5.54 Å². The Morgan fingerprint density at radius 3 is 2.35 bits per heavy atom. The largest absolute Gasteiger partial charge is 0.472 e. The van der Waals surface area contributed by atoms with E-state index >= 15 is 8.78 Å². The number of carbonyl (C=O) groups is 2.